The Labute approximate surface area is 115 Å². The van der Waals surface area contributed by atoms with Crippen LogP contribution in [-0.2, 0) is 4.74 Å². The average Bonchev–Trinajstić information content (AvgIpc) is 3.08. The molecule has 0 saturated carbocycles. The van der Waals surface area contributed by atoms with Crippen LogP contribution in [0.1, 0.15) is 35.3 Å². The maximum atomic E-state index is 11.5. The molecule has 2 aromatic rings. The van der Waals surface area contributed by atoms with Crippen LogP contribution >= 0.6 is 11.3 Å². The van der Waals surface area contributed by atoms with E-state index in [0.29, 0.717) is 12.6 Å². The van der Waals surface area contributed by atoms with Crippen molar-refractivity contribution in [3.63, 3.8) is 0 Å². The first kappa shape index (κ1) is 13.6. The lowest BCUT2D eigenvalue weighted by atomic mass is 10.2. The third-order valence-electron chi connectivity index (χ3n) is 2.81. The van der Waals surface area contributed by atoms with Gasteiger partial charge in [0.2, 0.25) is 0 Å². The van der Waals surface area contributed by atoms with Gasteiger partial charge in [-0.25, -0.2) is 4.79 Å². The smallest absolute Gasteiger partial charge is 0.360 e. The first-order valence-electron chi connectivity index (χ1n) is 6.02. The monoisotopic (exact) mass is 280 g/mol. The Hall–Kier alpha value is -1.82. The number of hydrogen-bond donors (Lipinski definition) is 0. The average molecular weight is 280 g/mol. The van der Waals surface area contributed by atoms with Crippen LogP contribution in [-0.4, -0.2) is 24.6 Å². The second-order valence-electron chi connectivity index (χ2n) is 4.04. The van der Waals surface area contributed by atoms with Crippen LogP contribution in [0, 0.1) is 0 Å². The van der Waals surface area contributed by atoms with Gasteiger partial charge in [0.05, 0.1) is 12.6 Å². The number of hydrogen-bond acceptors (Lipinski definition) is 6. The first-order chi connectivity index (χ1) is 9.13. The summed E-state index contributed by atoms with van der Waals surface area (Å²) in [5.41, 5.74) is 0.196. The van der Waals surface area contributed by atoms with Crippen LogP contribution in [0.15, 0.2) is 28.2 Å². The van der Waals surface area contributed by atoms with Gasteiger partial charge in [-0.1, -0.05) is 6.07 Å². The fourth-order valence-electron chi connectivity index (χ4n) is 1.61. The van der Waals surface area contributed by atoms with E-state index < -0.39 is 5.97 Å². The first-order valence-corrected chi connectivity index (χ1v) is 6.90. The van der Waals surface area contributed by atoms with Gasteiger partial charge in [-0.2, -0.15) is 4.98 Å². The second-order valence-corrected chi connectivity index (χ2v) is 5.02. The predicted octanol–water partition coefficient (Wildman–Crippen LogP) is 3.11. The summed E-state index contributed by atoms with van der Waals surface area (Å²) >= 11 is 1.67. The van der Waals surface area contributed by atoms with Crippen molar-refractivity contribution in [2.45, 2.75) is 19.9 Å². The highest BCUT2D eigenvalue weighted by Crippen LogP contribution is 2.27. The van der Waals surface area contributed by atoms with Crippen molar-refractivity contribution in [1.29, 1.82) is 0 Å². The number of esters is 1. The zero-order chi connectivity index (χ0) is 13.8. The zero-order valence-electron chi connectivity index (χ0n) is 11.1. The molecule has 0 radical (unpaired) electrons. The Morgan fingerprint density at radius 2 is 2.42 bits per heavy atom. The van der Waals surface area contributed by atoms with Crippen LogP contribution in [0.3, 0.4) is 0 Å². The molecule has 0 fully saturated rings. The van der Waals surface area contributed by atoms with Crippen molar-refractivity contribution in [3.05, 3.63) is 34.3 Å². The van der Waals surface area contributed by atoms with E-state index in [1.54, 1.807) is 18.3 Å². The van der Waals surface area contributed by atoms with Gasteiger partial charge in [-0.15, -0.1) is 11.3 Å². The van der Waals surface area contributed by atoms with E-state index in [0.717, 1.165) is 0 Å². The Morgan fingerprint density at radius 1 is 1.63 bits per heavy atom. The molecule has 0 bridgehead atoms. The molecule has 1 atom stereocenters. The molecule has 0 saturated heterocycles. The number of ether oxygens (including phenoxy) is 1. The summed E-state index contributed by atoms with van der Waals surface area (Å²) in [6, 6.07) is 4.60. The van der Waals surface area contributed by atoms with Gasteiger partial charge in [0, 0.05) is 11.9 Å². The highest BCUT2D eigenvalue weighted by Gasteiger charge is 2.20. The van der Waals surface area contributed by atoms with Gasteiger partial charge in [0.25, 0.3) is 6.01 Å². The van der Waals surface area contributed by atoms with Crippen LogP contribution in [0.5, 0.6) is 0 Å². The quantitative estimate of drug-likeness (QED) is 0.788. The topological polar surface area (TPSA) is 55.6 Å². The minimum absolute atomic E-state index is 0.133. The lowest BCUT2D eigenvalue weighted by Gasteiger charge is -2.21. The molecule has 0 aliphatic heterocycles. The summed E-state index contributed by atoms with van der Waals surface area (Å²) in [5, 5.41) is 2.03. The molecule has 0 aliphatic rings. The molecule has 2 aromatic heterocycles. The molecule has 2 heterocycles. The Balaban J connectivity index is 2.12. The maximum absolute atomic E-state index is 11.5. The summed E-state index contributed by atoms with van der Waals surface area (Å²) in [6.45, 7) is 4.13. The molecule has 0 N–H and O–H groups in total. The fourth-order valence-corrected chi connectivity index (χ4v) is 2.44. The van der Waals surface area contributed by atoms with E-state index in [4.69, 9.17) is 9.15 Å². The molecule has 1 unspecified atom stereocenters. The normalized spacial score (nSPS) is 12.2. The summed E-state index contributed by atoms with van der Waals surface area (Å²) in [4.78, 5) is 18.8. The third kappa shape index (κ3) is 2.96. The number of thiophene rings is 1. The van der Waals surface area contributed by atoms with E-state index in [1.165, 1.54) is 11.1 Å². The Morgan fingerprint density at radius 3 is 3.05 bits per heavy atom. The highest BCUT2D eigenvalue weighted by atomic mass is 32.1. The standard InChI is InChI=1S/C13H16N2O3S/c1-4-17-12(16)10-8-18-13(14-10)15(3)9(2)11-6-5-7-19-11/h5-9H,4H2,1-3H3. The molecule has 2 rings (SSSR count). The number of aromatic nitrogens is 1. The third-order valence-corrected chi connectivity index (χ3v) is 3.86. The molecule has 0 aliphatic carbocycles. The summed E-state index contributed by atoms with van der Waals surface area (Å²) in [7, 11) is 1.88. The van der Waals surface area contributed by atoms with E-state index in [9.17, 15) is 4.79 Å². The van der Waals surface area contributed by atoms with Crippen LogP contribution in [0.4, 0.5) is 6.01 Å². The van der Waals surface area contributed by atoms with E-state index >= 15 is 0 Å². The lowest BCUT2D eigenvalue weighted by molar-refractivity contribution is 0.0519. The number of oxazole rings is 1. The number of carbonyl (C=O) groups is 1. The maximum Gasteiger partial charge on any atom is 0.360 e. The molecule has 5 nitrogen and oxygen atoms in total. The zero-order valence-corrected chi connectivity index (χ0v) is 11.9. The molecule has 102 valence electrons. The molecule has 0 aromatic carbocycles. The second kappa shape index (κ2) is 5.88. The fraction of sp³-hybridized carbons (Fsp3) is 0.385. The van der Waals surface area contributed by atoms with Gasteiger partial charge in [-0.3, -0.25) is 0 Å². The highest BCUT2D eigenvalue weighted by molar-refractivity contribution is 7.10. The van der Waals surface area contributed by atoms with Gasteiger partial charge in [0.15, 0.2) is 5.69 Å². The van der Waals surface area contributed by atoms with E-state index in [2.05, 4.69) is 18.0 Å². The van der Waals surface area contributed by atoms with Crippen molar-refractivity contribution in [2.24, 2.45) is 0 Å². The van der Waals surface area contributed by atoms with Crippen molar-refractivity contribution >= 4 is 23.3 Å². The van der Waals surface area contributed by atoms with Crippen molar-refractivity contribution < 1.29 is 13.9 Å². The molecule has 19 heavy (non-hydrogen) atoms. The molecular formula is C13H16N2O3S. The number of nitrogens with zero attached hydrogens (tertiary/aromatic N) is 2. The minimum Gasteiger partial charge on any atom is -0.461 e. The van der Waals surface area contributed by atoms with Crippen molar-refractivity contribution in [3.8, 4) is 0 Å². The van der Waals surface area contributed by atoms with Gasteiger partial charge < -0.3 is 14.1 Å². The van der Waals surface area contributed by atoms with Crippen LogP contribution < -0.4 is 4.90 Å². The van der Waals surface area contributed by atoms with Gasteiger partial charge >= 0.3 is 5.97 Å². The summed E-state index contributed by atoms with van der Waals surface area (Å²) in [5.74, 6) is -0.463. The molecular weight excluding hydrogens is 264 g/mol. The van der Waals surface area contributed by atoms with Gasteiger partial charge in [-0.05, 0) is 25.3 Å². The van der Waals surface area contributed by atoms with E-state index in [1.807, 2.05) is 23.4 Å². The van der Waals surface area contributed by atoms with Crippen molar-refractivity contribution in [1.82, 2.24) is 4.98 Å². The summed E-state index contributed by atoms with van der Waals surface area (Å²) in [6.07, 6.45) is 1.32. The number of anilines is 1. The molecule has 0 spiro atoms. The number of rotatable bonds is 5. The van der Waals surface area contributed by atoms with Crippen LogP contribution in [0.2, 0.25) is 0 Å². The predicted molar refractivity (Wildman–Crippen MR) is 73.6 cm³/mol. The largest absolute Gasteiger partial charge is 0.461 e. The van der Waals surface area contributed by atoms with Crippen LogP contribution in [0.25, 0.3) is 0 Å². The Bertz CT molecular complexity index is 536. The lowest BCUT2D eigenvalue weighted by Crippen LogP contribution is -2.21. The van der Waals surface area contributed by atoms with E-state index in [-0.39, 0.29) is 11.7 Å². The minimum atomic E-state index is -0.463. The molecule has 0 amide bonds. The SMILES string of the molecule is CCOC(=O)c1coc(N(C)C(C)c2cccs2)n1. The van der Waals surface area contributed by atoms with Crippen molar-refractivity contribution in [2.75, 3.05) is 18.6 Å². The van der Waals surface area contributed by atoms with Gasteiger partial charge in [0.1, 0.15) is 6.26 Å². The Kier molecular flexibility index (Phi) is 4.21. The summed E-state index contributed by atoms with van der Waals surface area (Å²) < 4.78 is 10.2. The molecule has 6 heteroatoms. The number of carbonyl (C=O) groups excluding carboxylic acids is 1.